The molecule has 30 heavy (non-hydrogen) atoms. The van der Waals surface area contributed by atoms with Gasteiger partial charge in [-0.1, -0.05) is 30.3 Å². The molecular weight excluding hydrogens is 410 g/mol. The molecular formula is C22H18F2N2O3S. The van der Waals surface area contributed by atoms with Crippen LogP contribution in [0.15, 0.2) is 65.7 Å². The number of halogens is 2. The maximum atomic E-state index is 13.6. The fourth-order valence-corrected chi connectivity index (χ4v) is 4.10. The van der Waals surface area contributed by atoms with Gasteiger partial charge >= 0.3 is 0 Å². The molecule has 0 aliphatic rings. The normalized spacial score (nSPS) is 12.4. The molecule has 0 aliphatic heterocycles. The number of ether oxygens (including phenoxy) is 1. The van der Waals surface area contributed by atoms with Crippen LogP contribution >= 0.6 is 11.3 Å². The Morgan fingerprint density at radius 1 is 1.13 bits per heavy atom. The Morgan fingerprint density at radius 3 is 2.67 bits per heavy atom. The molecule has 0 spiro atoms. The molecule has 0 amide bonds. The van der Waals surface area contributed by atoms with Crippen molar-refractivity contribution in [2.24, 2.45) is 0 Å². The molecule has 1 N–H and O–H groups in total. The summed E-state index contributed by atoms with van der Waals surface area (Å²) in [6.45, 7) is -0.0191. The average Bonchev–Trinajstić information content (AvgIpc) is 3.17. The number of fused-ring (bicyclic) bond motifs is 1. The van der Waals surface area contributed by atoms with Gasteiger partial charge in [-0.3, -0.25) is 9.36 Å². The SMILES string of the molecule is O=c1c2sc(-c3ccc(F)cc3)cc2ncn1CC(O)COCc1ccccc1F. The van der Waals surface area contributed by atoms with Gasteiger partial charge in [-0.2, -0.15) is 0 Å². The highest BCUT2D eigenvalue weighted by atomic mass is 32.1. The first-order chi connectivity index (χ1) is 14.5. The number of nitrogens with zero attached hydrogens (tertiary/aromatic N) is 2. The van der Waals surface area contributed by atoms with Gasteiger partial charge in [0.2, 0.25) is 0 Å². The van der Waals surface area contributed by atoms with E-state index in [4.69, 9.17) is 4.74 Å². The number of aliphatic hydroxyl groups is 1. The molecule has 0 saturated carbocycles. The van der Waals surface area contributed by atoms with E-state index in [1.807, 2.05) is 0 Å². The first kappa shape index (κ1) is 20.3. The van der Waals surface area contributed by atoms with Crippen LogP contribution < -0.4 is 5.56 Å². The lowest BCUT2D eigenvalue weighted by Crippen LogP contribution is -2.29. The average molecular weight is 428 g/mol. The predicted octanol–water partition coefficient (Wildman–Crippen LogP) is 3.98. The number of benzene rings is 2. The summed E-state index contributed by atoms with van der Waals surface area (Å²) in [6, 6.07) is 14.1. The van der Waals surface area contributed by atoms with Gasteiger partial charge in [0.25, 0.3) is 5.56 Å². The van der Waals surface area contributed by atoms with Crippen molar-refractivity contribution in [1.29, 1.82) is 0 Å². The maximum absolute atomic E-state index is 13.6. The molecule has 1 unspecified atom stereocenters. The van der Waals surface area contributed by atoms with Crippen LogP contribution in [0.1, 0.15) is 5.56 Å². The summed E-state index contributed by atoms with van der Waals surface area (Å²) in [5, 5.41) is 10.2. The van der Waals surface area contributed by atoms with Crippen molar-refractivity contribution in [2.75, 3.05) is 6.61 Å². The summed E-state index contributed by atoms with van der Waals surface area (Å²) in [4.78, 5) is 17.9. The third-order valence-electron chi connectivity index (χ3n) is 4.57. The van der Waals surface area contributed by atoms with E-state index in [1.54, 1.807) is 36.4 Å². The summed E-state index contributed by atoms with van der Waals surface area (Å²) in [6.07, 6.45) is 0.427. The van der Waals surface area contributed by atoms with Crippen LogP contribution in [-0.4, -0.2) is 27.4 Å². The van der Waals surface area contributed by atoms with Crippen molar-refractivity contribution in [2.45, 2.75) is 19.3 Å². The van der Waals surface area contributed by atoms with E-state index < -0.39 is 6.10 Å². The summed E-state index contributed by atoms with van der Waals surface area (Å²) < 4.78 is 33.9. The Labute approximate surface area is 174 Å². The molecule has 5 nitrogen and oxygen atoms in total. The van der Waals surface area contributed by atoms with Gasteiger partial charge in [0.1, 0.15) is 16.3 Å². The van der Waals surface area contributed by atoms with Crippen molar-refractivity contribution in [3.8, 4) is 10.4 Å². The summed E-state index contributed by atoms with van der Waals surface area (Å²) >= 11 is 1.27. The second-order valence-corrected chi connectivity index (χ2v) is 7.85. The number of hydrogen-bond acceptors (Lipinski definition) is 5. The molecule has 0 radical (unpaired) electrons. The van der Waals surface area contributed by atoms with Gasteiger partial charge in [0, 0.05) is 10.4 Å². The largest absolute Gasteiger partial charge is 0.389 e. The number of rotatable bonds is 7. The van der Waals surface area contributed by atoms with Crippen LogP contribution in [0.2, 0.25) is 0 Å². The number of thiophene rings is 1. The van der Waals surface area contributed by atoms with Crippen molar-refractivity contribution in [3.05, 3.63) is 88.5 Å². The van der Waals surface area contributed by atoms with Gasteiger partial charge < -0.3 is 9.84 Å². The molecule has 0 aliphatic carbocycles. The monoisotopic (exact) mass is 428 g/mol. The number of aliphatic hydroxyl groups excluding tert-OH is 1. The van der Waals surface area contributed by atoms with Crippen LogP contribution in [0.3, 0.4) is 0 Å². The van der Waals surface area contributed by atoms with Crippen molar-refractivity contribution < 1.29 is 18.6 Å². The Balaban J connectivity index is 1.45. The van der Waals surface area contributed by atoms with Gasteiger partial charge in [-0.05, 0) is 29.8 Å². The fraction of sp³-hybridized carbons (Fsp3) is 0.182. The minimum atomic E-state index is -0.953. The first-order valence-electron chi connectivity index (χ1n) is 9.25. The minimum Gasteiger partial charge on any atom is -0.389 e. The molecule has 4 aromatic rings. The Hall–Kier alpha value is -2.94. The molecule has 4 rings (SSSR count). The topological polar surface area (TPSA) is 64.4 Å². The lowest BCUT2D eigenvalue weighted by atomic mass is 10.2. The zero-order valence-electron chi connectivity index (χ0n) is 15.8. The summed E-state index contributed by atoms with van der Waals surface area (Å²) in [5.74, 6) is -0.695. The molecule has 2 aromatic carbocycles. The third kappa shape index (κ3) is 4.46. The molecule has 0 saturated heterocycles. The molecule has 2 heterocycles. The van der Waals surface area contributed by atoms with E-state index in [0.717, 1.165) is 10.4 Å². The highest BCUT2D eigenvalue weighted by Crippen LogP contribution is 2.30. The zero-order valence-corrected chi connectivity index (χ0v) is 16.6. The van der Waals surface area contributed by atoms with Crippen LogP contribution in [-0.2, 0) is 17.9 Å². The first-order valence-corrected chi connectivity index (χ1v) is 10.1. The predicted molar refractivity (Wildman–Crippen MR) is 111 cm³/mol. The summed E-state index contributed by atoms with van der Waals surface area (Å²) in [5.41, 5.74) is 1.47. The lowest BCUT2D eigenvalue weighted by molar-refractivity contribution is 0.0189. The molecule has 1 atom stereocenters. The number of hydrogen-bond donors (Lipinski definition) is 1. The van der Waals surface area contributed by atoms with E-state index in [1.165, 1.54) is 40.4 Å². The maximum Gasteiger partial charge on any atom is 0.271 e. The molecule has 2 aromatic heterocycles. The number of aromatic nitrogens is 2. The molecule has 8 heteroatoms. The highest BCUT2D eigenvalue weighted by Gasteiger charge is 2.13. The standard InChI is InChI=1S/C22H18F2N2O3S/c23-16-7-5-14(6-8-16)20-9-19-21(30-20)22(28)26(13-25-19)10-17(27)12-29-11-15-3-1-2-4-18(15)24/h1-9,13,17,27H,10-12H2. The summed E-state index contributed by atoms with van der Waals surface area (Å²) in [7, 11) is 0. The van der Waals surface area contributed by atoms with Crippen LogP contribution in [0.25, 0.3) is 20.7 Å². The van der Waals surface area contributed by atoms with Crippen molar-refractivity contribution in [1.82, 2.24) is 9.55 Å². The van der Waals surface area contributed by atoms with Crippen LogP contribution in [0.4, 0.5) is 8.78 Å². The highest BCUT2D eigenvalue weighted by molar-refractivity contribution is 7.22. The smallest absolute Gasteiger partial charge is 0.271 e. The second-order valence-electron chi connectivity index (χ2n) is 6.79. The van der Waals surface area contributed by atoms with Gasteiger partial charge in [0.05, 0.1) is 37.7 Å². The van der Waals surface area contributed by atoms with Gasteiger partial charge in [-0.15, -0.1) is 11.3 Å². The van der Waals surface area contributed by atoms with E-state index in [9.17, 15) is 18.7 Å². The molecule has 154 valence electrons. The molecule has 0 fully saturated rings. The third-order valence-corrected chi connectivity index (χ3v) is 5.73. The van der Waals surface area contributed by atoms with Crippen molar-refractivity contribution in [3.63, 3.8) is 0 Å². The van der Waals surface area contributed by atoms with Gasteiger partial charge in [-0.25, -0.2) is 13.8 Å². The lowest BCUT2D eigenvalue weighted by Gasteiger charge is -2.13. The zero-order chi connectivity index (χ0) is 21.1. The Bertz CT molecular complexity index is 1220. The molecule has 0 bridgehead atoms. The van der Waals surface area contributed by atoms with E-state index >= 15 is 0 Å². The van der Waals surface area contributed by atoms with Gasteiger partial charge in [0.15, 0.2) is 0 Å². The van der Waals surface area contributed by atoms with Crippen LogP contribution in [0, 0.1) is 11.6 Å². The van der Waals surface area contributed by atoms with E-state index in [2.05, 4.69) is 4.98 Å². The Kier molecular flexibility index (Phi) is 5.98. The minimum absolute atomic E-state index is 0.00280. The van der Waals surface area contributed by atoms with Crippen molar-refractivity contribution >= 4 is 21.6 Å². The van der Waals surface area contributed by atoms with Crippen LogP contribution in [0.5, 0.6) is 0 Å². The Morgan fingerprint density at radius 2 is 1.90 bits per heavy atom. The fourth-order valence-electron chi connectivity index (χ4n) is 3.03. The second kappa shape index (κ2) is 8.83. The van der Waals surface area contributed by atoms with E-state index in [0.29, 0.717) is 15.8 Å². The van der Waals surface area contributed by atoms with E-state index in [-0.39, 0.29) is 37.0 Å². The quantitative estimate of drug-likeness (QED) is 0.484.